The smallest absolute Gasteiger partial charge is 0.237 e. The van der Waals surface area contributed by atoms with Crippen LogP contribution in [0.1, 0.15) is 31.7 Å². The summed E-state index contributed by atoms with van der Waals surface area (Å²) < 4.78 is 3.36. The number of fused-ring (bicyclic) bond motifs is 3. The molecule has 5 nitrogen and oxygen atoms in total. The average Bonchev–Trinajstić information content (AvgIpc) is 3.30. The minimum absolute atomic E-state index is 0.0645. The van der Waals surface area contributed by atoms with Gasteiger partial charge in [-0.05, 0) is 48.6 Å². The quantitative estimate of drug-likeness (QED) is 0.372. The average molecular weight is 445 g/mol. The molecular formula is C21H21ClN4OS2. The number of thioether (sulfide) groups is 1. The number of benzene rings is 1. The molecule has 4 aromatic rings. The van der Waals surface area contributed by atoms with Crippen LogP contribution in [0.25, 0.3) is 15.7 Å². The Morgan fingerprint density at radius 2 is 2.07 bits per heavy atom. The van der Waals surface area contributed by atoms with Crippen LogP contribution in [0.2, 0.25) is 5.02 Å². The van der Waals surface area contributed by atoms with Crippen LogP contribution in [-0.4, -0.2) is 25.8 Å². The van der Waals surface area contributed by atoms with Gasteiger partial charge in [0.05, 0.1) is 21.0 Å². The minimum Gasteiger partial charge on any atom is -0.325 e. The maximum atomic E-state index is 12.9. The van der Waals surface area contributed by atoms with Crippen LogP contribution in [0.4, 0.5) is 5.69 Å². The van der Waals surface area contributed by atoms with Crippen LogP contribution < -0.4 is 5.32 Å². The van der Waals surface area contributed by atoms with Gasteiger partial charge in [-0.2, -0.15) is 0 Å². The molecule has 150 valence electrons. The van der Waals surface area contributed by atoms with Crippen LogP contribution in [-0.2, 0) is 11.2 Å². The van der Waals surface area contributed by atoms with Crippen molar-refractivity contribution in [3.8, 4) is 0 Å². The standard InChI is InChI=1S/C21H21ClN4OS2/c1-4-17(20(27)23-13-7-6-12(3)14(22)10-13)29-21-16-11-18-15(8-9-28-18)26(16)19(5-2)24-25-21/h6-11,17H,4-5H2,1-3H3,(H,23,27). The highest BCUT2D eigenvalue weighted by molar-refractivity contribution is 8.00. The minimum atomic E-state index is -0.284. The van der Waals surface area contributed by atoms with Gasteiger partial charge in [0.2, 0.25) is 5.91 Å². The number of carbonyl (C=O) groups excluding carboxylic acids is 1. The Kier molecular flexibility index (Phi) is 5.81. The lowest BCUT2D eigenvalue weighted by atomic mass is 10.2. The molecule has 1 amide bonds. The molecule has 0 aliphatic rings. The number of aromatic nitrogens is 3. The Morgan fingerprint density at radius 3 is 2.79 bits per heavy atom. The molecule has 0 aliphatic heterocycles. The topological polar surface area (TPSA) is 59.3 Å². The fraction of sp³-hybridized carbons (Fsp3) is 0.286. The van der Waals surface area contributed by atoms with E-state index in [4.69, 9.17) is 11.6 Å². The first-order valence-electron chi connectivity index (χ1n) is 9.49. The fourth-order valence-corrected chi connectivity index (χ4v) is 5.17. The van der Waals surface area contributed by atoms with Crippen LogP contribution in [0, 0.1) is 6.92 Å². The SMILES string of the molecule is CCc1nnc(SC(CC)C(=O)Nc2ccc(C)c(Cl)c2)c2cc3sccc3n12. The molecule has 29 heavy (non-hydrogen) atoms. The van der Waals surface area contributed by atoms with Gasteiger partial charge in [-0.15, -0.1) is 21.5 Å². The molecule has 8 heteroatoms. The Balaban J connectivity index is 1.63. The second-order valence-electron chi connectivity index (χ2n) is 6.78. The van der Waals surface area contributed by atoms with Crippen molar-refractivity contribution in [2.24, 2.45) is 0 Å². The highest BCUT2D eigenvalue weighted by atomic mass is 35.5. The number of halogens is 1. The number of thiophene rings is 1. The molecule has 3 aromatic heterocycles. The van der Waals surface area contributed by atoms with Gasteiger partial charge in [-0.3, -0.25) is 9.20 Å². The number of aryl methyl sites for hydroxylation is 2. The molecule has 0 radical (unpaired) electrons. The van der Waals surface area contributed by atoms with E-state index in [0.29, 0.717) is 17.1 Å². The number of nitrogens with zero attached hydrogens (tertiary/aromatic N) is 3. The molecule has 0 saturated carbocycles. The highest BCUT2D eigenvalue weighted by Crippen LogP contribution is 2.34. The van der Waals surface area contributed by atoms with E-state index >= 15 is 0 Å². The van der Waals surface area contributed by atoms with Crippen molar-refractivity contribution in [2.45, 2.75) is 43.9 Å². The predicted molar refractivity (Wildman–Crippen MR) is 123 cm³/mol. The van der Waals surface area contributed by atoms with E-state index in [-0.39, 0.29) is 11.2 Å². The maximum absolute atomic E-state index is 12.9. The normalized spacial score (nSPS) is 12.6. The van der Waals surface area contributed by atoms with Crippen molar-refractivity contribution in [1.29, 1.82) is 0 Å². The van der Waals surface area contributed by atoms with Gasteiger partial charge in [0, 0.05) is 17.1 Å². The van der Waals surface area contributed by atoms with Crippen molar-refractivity contribution in [2.75, 3.05) is 5.32 Å². The maximum Gasteiger partial charge on any atom is 0.237 e. The zero-order valence-electron chi connectivity index (χ0n) is 16.4. The van der Waals surface area contributed by atoms with E-state index in [9.17, 15) is 4.79 Å². The van der Waals surface area contributed by atoms with Gasteiger partial charge < -0.3 is 5.32 Å². The molecule has 3 heterocycles. The van der Waals surface area contributed by atoms with Crippen molar-refractivity contribution in [3.05, 3.63) is 52.1 Å². The molecule has 0 saturated heterocycles. The summed E-state index contributed by atoms with van der Waals surface area (Å²) >= 11 is 9.34. The molecule has 0 aliphatic carbocycles. The third-order valence-corrected chi connectivity index (χ3v) is 7.44. The number of nitrogens with one attached hydrogen (secondary N) is 1. The third kappa shape index (κ3) is 3.86. The number of carbonyl (C=O) groups is 1. The van der Waals surface area contributed by atoms with Crippen LogP contribution in [0.3, 0.4) is 0 Å². The molecular weight excluding hydrogens is 424 g/mol. The Hall–Kier alpha value is -2.09. The van der Waals surface area contributed by atoms with Crippen molar-refractivity contribution < 1.29 is 4.79 Å². The van der Waals surface area contributed by atoms with Gasteiger partial charge in [-0.1, -0.05) is 43.3 Å². The second kappa shape index (κ2) is 8.34. The number of rotatable bonds is 6. The number of hydrogen-bond donors (Lipinski definition) is 1. The van der Waals surface area contributed by atoms with E-state index in [1.54, 1.807) is 17.4 Å². The van der Waals surface area contributed by atoms with Crippen molar-refractivity contribution in [1.82, 2.24) is 14.6 Å². The van der Waals surface area contributed by atoms with E-state index in [1.165, 1.54) is 16.5 Å². The van der Waals surface area contributed by atoms with E-state index < -0.39 is 0 Å². The monoisotopic (exact) mass is 444 g/mol. The van der Waals surface area contributed by atoms with Gasteiger partial charge in [0.15, 0.2) is 0 Å². The Bertz CT molecular complexity index is 1200. The van der Waals surface area contributed by atoms with E-state index in [0.717, 1.165) is 33.9 Å². The van der Waals surface area contributed by atoms with Crippen LogP contribution in [0.15, 0.2) is 40.7 Å². The van der Waals surface area contributed by atoms with Gasteiger partial charge in [0.25, 0.3) is 0 Å². The summed E-state index contributed by atoms with van der Waals surface area (Å²) in [5.74, 6) is 0.856. The van der Waals surface area contributed by atoms with Crippen LogP contribution in [0.5, 0.6) is 0 Å². The number of hydrogen-bond acceptors (Lipinski definition) is 5. The predicted octanol–water partition coefficient (Wildman–Crippen LogP) is 5.98. The Labute approximate surface area is 182 Å². The van der Waals surface area contributed by atoms with Gasteiger partial charge >= 0.3 is 0 Å². The lowest BCUT2D eigenvalue weighted by Crippen LogP contribution is -2.25. The van der Waals surface area contributed by atoms with Gasteiger partial charge in [-0.25, -0.2) is 0 Å². The molecule has 1 atom stereocenters. The molecule has 4 rings (SSSR count). The summed E-state index contributed by atoms with van der Waals surface area (Å²) in [4.78, 5) is 12.9. The van der Waals surface area contributed by atoms with E-state index in [1.807, 2.05) is 26.0 Å². The summed E-state index contributed by atoms with van der Waals surface area (Å²) in [5, 5.41) is 15.1. The second-order valence-corrected chi connectivity index (χ2v) is 9.32. The molecule has 0 fully saturated rings. The summed E-state index contributed by atoms with van der Waals surface area (Å²) in [6, 6.07) is 9.79. The highest BCUT2D eigenvalue weighted by Gasteiger charge is 2.22. The first-order valence-corrected chi connectivity index (χ1v) is 11.6. The fourth-order valence-electron chi connectivity index (χ4n) is 3.22. The molecule has 1 unspecified atom stereocenters. The largest absolute Gasteiger partial charge is 0.325 e. The molecule has 1 N–H and O–H groups in total. The molecule has 1 aromatic carbocycles. The summed E-state index contributed by atoms with van der Waals surface area (Å²) in [6.45, 7) is 6.01. The first kappa shape index (κ1) is 20.2. The lowest BCUT2D eigenvalue weighted by Gasteiger charge is -2.15. The van der Waals surface area contributed by atoms with E-state index in [2.05, 4.69) is 44.4 Å². The Morgan fingerprint density at radius 1 is 1.24 bits per heavy atom. The molecule has 0 bridgehead atoms. The third-order valence-electron chi connectivity index (χ3n) is 4.83. The lowest BCUT2D eigenvalue weighted by molar-refractivity contribution is -0.115. The summed E-state index contributed by atoms with van der Waals surface area (Å²) in [7, 11) is 0. The summed E-state index contributed by atoms with van der Waals surface area (Å²) in [5.41, 5.74) is 3.83. The number of anilines is 1. The zero-order chi connectivity index (χ0) is 20.5. The first-order chi connectivity index (χ1) is 14.0. The van der Waals surface area contributed by atoms with Crippen LogP contribution >= 0.6 is 34.7 Å². The summed E-state index contributed by atoms with van der Waals surface area (Å²) in [6.07, 6.45) is 1.47. The van der Waals surface area contributed by atoms with Crippen molar-refractivity contribution in [3.63, 3.8) is 0 Å². The van der Waals surface area contributed by atoms with Gasteiger partial charge in [0.1, 0.15) is 10.9 Å². The zero-order valence-corrected chi connectivity index (χ0v) is 18.8. The van der Waals surface area contributed by atoms with Crippen molar-refractivity contribution >= 4 is 62.0 Å². The molecule has 0 spiro atoms. The number of amides is 1.